The third-order valence-electron chi connectivity index (χ3n) is 3.81. The van der Waals surface area contributed by atoms with Gasteiger partial charge in [0, 0.05) is 30.6 Å². The van der Waals surface area contributed by atoms with E-state index >= 15 is 0 Å². The third kappa shape index (κ3) is 2.49. The Morgan fingerprint density at radius 3 is 3.11 bits per heavy atom. The summed E-state index contributed by atoms with van der Waals surface area (Å²) in [5, 5.41) is 7.44. The first-order chi connectivity index (χ1) is 9.24. The van der Waals surface area contributed by atoms with Crippen molar-refractivity contribution in [3.8, 4) is 0 Å². The van der Waals surface area contributed by atoms with E-state index in [9.17, 15) is 4.79 Å². The van der Waals surface area contributed by atoms with E-state index in [4.69, 9.17) is 0 Å². The molecule has 1 aliphatic heterocycles. The monoisotopic (exact) mass is 257 g/mol. The van der Waals surface area contributed by atoms with Crippen LogP contribution in [0.1, 0.15) is 12.8 Å². The van der Waals surface area contributed by atoms with Crippen LogP contribution in [-0.4, -0.2) is 23.6 Å². The average Bonchev–Trinajstić information content (AvgIpc) is 3.00. The fraction of sp³-hybridized carbons (Fsp3) is 0.400. The Kier molecular flexibility index (Phi) is 3.25. The molecule has 3 rings (SSSR count). The van der Waals surface area contributed by atoms with Crippen LogP contribution < -0.4 is 10.6 Å². The summed E-state index contributed by atoms with van der Waals surface area (Å²) in [5.41, 5.74) is 2.05. The van der Waals surface area contributed by atoms with Gasteiger partial charge in [-0.25, -0.2) is 0 Å². The highest BCUT2D eigenvalue weighted by Gasteiger charge is 2.18. The predicted molar refractivity (Wildman–Crippen MR) is 77.1 cm³/mol. The molecular formula is C15H19N3O. The van der Waals surface area contributed by atoms with Crippen LogP contribution in [0.4, 0.5) is 5.69 Å². The molecule has 1 amide bonds. The molecule has 0 aliphatic carbocycles. The zero-order valence-electron chi connectivity index (χ0n) is 11.1. The van der Waals surface area contributed by atoms with E-state index in [1.165, 1.54) is 0 Å². The molecule has 0 radical (unpaired) electrons. The maximum atomic E-state index is 12.1. The van der Waals surface area contributed by atoms with Crippen LogP contribution in [0.2, 0.25) is 0 Å². The Bertz CT molecular complexity index is 596. The molecule has 2 aromatic rings. The molecular weight excluding hydrogens is 238 g/mol. The highest BCUT2D eigenvalue weighted by Crippen LogP contribution is 2.25. The van der Waals surface area contributed by atoms with Crippen LogP contribution in [0, 0.1) is 5.92 Å². The number of hydrogen-bond donors (Lipinski definition) is 2. The van der Waals surface area contributed by atoms with Gasteiger partial charge < -0.3 is 15.2 Å². The summed E-state index contributed by atoms with van der Waals surface area (Å²) in [4.78, 5) is 12.1. The molecule has 2 heterocycles. The number of amides is 1. The lowest BCUT2D eigenvalue weighted by molar-refractivity contribution is -0.116. The minimum absolute atomic E-state index is 0.116. The Balaban J connectivity index is 1.75. The van der Waals surface area contributed by atoms with E-state index in [1.54, 1.807) is 0 Å². The third-order valence-corrected chi connectivity index (χ3v) is 3.81. The Morgan fingerprint density at radius 1 is 1.47 bits per heavy atom. The number of aromatic nitrogens is 1. The lowest BCUT2D eigenvalue weighted by atomic mass is 10.0. The van der Waals surface area contributed by atoms with Crippen molar-refractivity contribution in [3.05, 3.63) is 30.5 Å². The number of para-hydroxylation sites is 1. The SMILES string of the molecule is Cn1cc(NC(=O)CC2CCNC2)c2ccccc21. The predicted octanol–water partition coefficient (Wildman–Crippen LogP) is 2.12. The van der Waals surface area contributed by atoms with Gasteiger partial charge in [-0.15, -0.1) is 0 Å². The minimum atomic E-state index is 0.116. The number of carbonyl (C=O) groups excluding carboxylic acids is 1. The average molecular weight is 257 g/mol. The van der Waals surface area contributed by atoms with E-state index in [2.05, 4.69) is 16.7 Å². The van der Waals surface area contributed by atoms with Crippen LogP contribution in [0.3, 0.4) is 0 Å². The Labute approximate surface area is 112 Å². The Morgan fingerprint density at radius 2 is 2.32 bits per heavy atom. The number of rotatable bonds is 3. The Hall–Kier alpha value is -1.81. The van der Waals surface area contributed by atoms with Crippen molar-refractivity contribution >= 4 is 22.5 Å². The first-order valence-electron chi connectivity index (χ1n) is 6.78. The molecule has 4 heteroatoms. The molecule has 0 bridgehead atoms. The summed E-state index contributed by atoms with van der Waals surface area (Å²) in [6.07, 6.45) is 3.69. The second-order valence-electron chi connectivity index (χ2n) is 5.28. The first kappa shape index (κ1) is 12.2. The normalized spacial score (nSPS) is 18.9. The second-order valence-corrected chi connectivity index (χ2v) is 5.28. The van der Waals surface area contributed by atoms with Crippen LogP contribution in [0.15, 0.2) is 30.5 Å². The lowest BCUT2D eigenvalue weighted by Crippen LogP contribution is -2.18. The standard InChI is InChI=1S/C15H19N3O/c1-18-10-13(12-4-2-3-5-14(12)18)17-15(19)8-11-6-7-16-9-11/h2-5,10-11,16H,6-9H2,1H3,(H,17,19). The molecule has 1 aromatic heterocycles. The van der Waals surface area contributed by atoms with Gasteiger partial charge in [0.1, 0.15) is 0 Å². The zero-order valence-corrected chi connectivity index (χ0v) is 11.1. The topological polar surface area (TPSA) is 46.1 Å². The van der Waals surface area contributed by atoms with Gasteiger partial charge in [-0.05, 0) is 31.5 Å². The van der Waals surface area contributed by atoms with E-state index in [-0.39, 0.29) is 5.91 Å². The molecule has 0 spiro atoms. The van der Waals surface area contributed by atoms with E-state index in [1.807, 2.05) is 36.0 Å². The van der Waals surface area contributed by atoms with E-state index in [0.717, 1.165) is 36.1 Å². The fourth-order valence-electron chi connectivity index (χ4n) is 2.79. The number of aryl methyl sites for hydroxylation is 1. The van der Waals surface area contributed by atoms with Crippen LogP contribution in [-0.2, 0) is 11.8 Å². The maximum Gasteiger partial charge on any atom is 0.224 e. The van der Waals surface area contributed by atoms with Crippen molar-refractivity contribution in [1.29, 1.82) is 0 Å². The van der Waals surface area contributed by atoms with E-state index in [0.29, 0.717) is 12.3 Å². The van der Waals surface area contributed by atoms with E-state index < -0.39 is 0 Å². The number of fused-ring (bicyclic) bond motifs is 1. The van der Waals surface area contributed by atoms with Crippen molar-refractivity contribution < 1.29 is 4.79 Å². The molecule has 1 fully saturated rings. The molecule has 100 valence electrons. The van der Waals surface area contributed by atoms with Crippen LogP contribution in [0.5, 0.6) is 0 Å². The zero-order chi connectivity index (χ0) is 13.2. The number of nitrogens with zero attached hydrogens (tertiary/aromatic N) is 1. The van der Waals surface area contributed by atoms with Crippen LogP contribution >= 0.6 is 0 Å². The van der Waals surface area contributed by atoms with Gasteiger partial charge in [0.2, 0.25) is 5.91 Å². The van der Waals surface area contributed by atoms with Gasteiger partial charge in [-0.1, -0.05) is 18.2 Å². The summed E-state index contributed by atoms with van der Waals surface area (Å²) >= 11 is 0. The molecule has 1 unspecified atom stereocenters. The van der Waals surface area contributed by atoms with Crippen molar-refractivity contribution in [2.75, 3.05) is 18.4 Å². The first-order valence-corrected chi connectivity index (χ1v) is 6.78. The molecule has 1 atom stereocenters. The van der Waals surface area contributed by atoms with Gasteiger partial charge in [0.15, 0.2) is 0 Å². The van der Waals surface area contributed by atoms with Gasteiger partial charge >= 0.3 is 0 Å². The minimum Gasteiger partial charge on any atom is -0.348 e. The summed E-state index contributed by atoms with van der Waals surface area (Å²) < 4.78 is 2.04. The number of carbonyl (C=O) groups is 1. The lowest BCUT2D eigenvalue weighted by Gasteiger charge is -2.08. The molecule has 1 aliphatic rings. The summed E-state index contributed by atoms with van der Waals surface area (Å²) in [6.45, 7) is 2.00. The van der Waals surface area contributed by atoms with Crippen molar-refractivity contribution in [2.45, 2.75) is 12.8 Å². The number of benzene rings is 1. The molecule has 19 heavy (non-hydrogen) atoms. The highest BCUT2D eigenvalue weighted by atomic mass is 16.1. The van der Waals surface area contributed by atoms with Gasteiger partial charge in [0.05, 0.1) is 5.69 Å². The smallest absolute Gasteiger partial charge is 0.224 e. The van der Waals surface area contributed by atoms with Gasteiger partial charge in [-0.2, -0.15) is 0 Å². The van der Waals surface area contributed by atoms with Crippen molar-refractivity contribution in [1.82, 2.24) is 9.88 Å². The summed E-state index contributed by atoms with van der Waals surface area (Å²) in [6, 6.07) is 8.12. The fourth-order valence-corrected chi connectivity index (χ4v) is 2.79. The van der Waals surface area contributed by atoms with Crippen molar-refractivity contribution in [2.24, 2.45) is 13.0 Å². The van der Waals surface area contributed by atoms with Crippen molar-refractivity contribution in [3.63, 3.8) is 0 Å². The van der Waals surface area contributed by atoms with Crippen LogP contribution in [0.25, 0.3) is 10.9 Å². The number of hydrogen-bond acceptors (Lipinski definition) is 2. The number of anilines is 1. The highest BCUT2D eigenvalue weighted by molar-refractivity contribution is 6.01. The number of nitrogens with one attached hydrogen (secondary N) is 2. The summed E-state index contributed by atoms with van der Waals surface area (Å²) in [7, 11) is 2.00. The summed E-state index contributed by atoms with van der Waals surface area (Å²) in [5.74, 6) is 0.597. The molecule has 0 saturated carbocycles. The van der Waals surface area contributed by atoms with Gasteiger partial charge in [0.25, 0.3) is 0 Å². The van der Waals surface area contributed by atoms with Gasteiger partial charge in [-0.3, -0.25) is 4.79 Å². The quantitative estimate of drug-likeness (QED) is 0.884. The molecule has 2 N–H and O–H groups in total. The molecule has 1 saturated heterocycles. The maximum absolute atomic E-state index is 12.1. The molecule has 1 aromatic carbocycles. The molecule has 4 nitrogen and oxygen atoms in total. The largest absolute Gasteiger partial charge is 0.348 e. The second kappa shape index (κ2) is 5.05.